The Hall–Kier alpha value is -1.23. The lowest BCUT2D eigenvalue weighted by molar-refractivity contribution is -0.120. The molecule has 1 atom stereocenters. The number of nitrogens with one attached hydrogen (secondary N) is 1. The highest BCUT2D eigenvalue weighted by Crippen LogP contribution is 2.03. The lowest BCUT2D eigenvalue weighted by Gasteiger charge is -2.12. The molecule has 1 heterocycles. The zero-order valence-electron chi connectivity index (χ0n) is 10.3. The molecule has 0 aromatic carbocycles. The summed E-state index contributed by atoms with van der Waals surface area (Å²) in [4.78, 5) is 15.8. The number of nitrogens with two attached hydrogens (primary N) is 1. The second-order valence-corrected chi connectivity index (χ2v) is 5.21. The summed E-state index contributed by atoms with van der Waals surface area (Å²) in [5.41, 5.74) is 6.88. The van der Waals surface area contributed by atoms with Gasteiger partial charge in [0.2, 0.25) is 5.91 Å². The molecule has 17 heavy (non-hydrogen) atoms. The minimum atomic E-state index is 0.00599. The molecule has 0 saturated heterocycles. The van der Waals surface area contributed by atoms with Gasteiger partial charge in [-0.2, -0.15) is 11.8 Å². The van der Waals surface area contributed by atoms with Crippen LogP contribution in [0.5, 0.6) is 0 Å². The predicted molar refractivity (Wildman–Crippen MR) is 73.0 cm³/mol. The normalized spacial score (nSPS) is 12.1. The van der Waals surface area contributed by atoms with E-state index in [0.717, 1.165) is 17.2 Å². The molecule has 0 saturated carbocycles. The molecule has 0 bridgehead atoms. The molecule has 0 aliphatic carbocycles. The first-order valence-corrected chi connectivity index (χ1v) is 6.84. The third-order valence-corrected chi connectivity index (χ3v) is 3.31. The van der Waals surface area contributed by atoms with Gasteiger partial charge in [0.1, 0.15) is 0 Å². The van der Waals surface area contributed by atoms with Crippen molar-refractivity contribution in [2.24, 2.45) is 0 Å². The zero-order chi connectivity index (χ0) is 12.7. The highest BCUT2D eigenvalue weighted by Gasteiger charge is 2.08. The Morgan fingerprint density at radius 1 is 1.59 bits per heavy atom. The third-order valence-electron chi connectivity index (χ3n) is 2.17. The Morgan fingerprint density at radius 3 is 2.94 bits per heavy atom. The van der Waals surface area contributed by atoms with Gasteiger partial charge in [0, 0.05) is 17.5 Å². The quantitative estimate of drug-likeness (QED) is 0.805. The highest BCUT2D eigenvalue weighted by molar-refractivity contribution is 7.99. The standard InChI is InChI=1S/C12H19N3OS/c1-3-17-8-9(2)15-12(16)6-11-5-4-10(13)7-14-11/h4-5,7,9H,3,6,8,13H2,1-2H3,(H,15,16). The molecule has 0 radical (unpaired) electrons. The molecular formula is C12H19N3OS. The first kappa shape index (κ1) is 13.8. The number of carbonyl (C=O) groups excluding carboxylic acids is 1. The molecule has 3 N–H and O–H groups in total. The molecule has 4 nitrogen and oxygen atoms in total. The van der Waals surface area contributed by atoms with Gasteiger partial charge < -0.3 is 11.1 Å². The van der Waals surface area contributed by atoms with Crippen LogP contribution in [0.15, 0.2) is 18.3 Å². The molecule has 0 aliphatic heterocycles. The van der Waals surface area contributed by atoms with Gasteiger partial charge in [-0.05, 0) is 24.8 Å². The van der Waals surface area contributed by atoms with Crippen molar-refractivity contribution in [3.05, 3.63) is 24.0 Å². The summed E-state index contributed by atoms with van der Waals surface area (Å²) in [6.45, 7) is 4.12. The van der Waals surface area contributed by atoms with Gasteiger partial charge in [0.15, 0.2) is 0 Å². The van der Waals surface area contributed by atoms with E-state index in [1.54, 1.807) is 18.3 Å². The number of pyridine rings is 1. The van der Waals surface area contributed by atoms with Crippen molar-refractivity contribution in [2.75, 3.05) is 17.2 Å². The molecule has 0 fully saturated rings. The summed E-state index contributed by atoms with van der Waals surface area (Å²) in [5.74, 6) is 2.02. The van der Waals surface area contributed by atoms with Crippen molar-refractivity contribution >= 4 is 23.4 Å². The Morgan fingerprint density at radius 2 is 2.35 bits per heavy atom. The van der Waals surface area contributed by atoms with Crippen molar-refractivity contribution in [1.29, 1.82) is 0 Å². The van der Waals surface area contributed by atoms with Gasteiger partial charge >= 0.3 is 0 Å². The molecular weight excluding hydrogens is 234 g/mol. The van der Waals surface area contributed by atoms with Crippen molar-refractivity contribution in [3.8, 4) is 0 Å². The second kappa shape index (κ2) is 7.17. The lowest BCUT2D eigenvalue weighted by atomic mass is 10.2. The Kier molecular flexibility index (Phi) is 5.83. The maximum absolute atomic E-state index is 11.7. The van der Waals surface area contributed by atoms with Crippen LogP contribution in [0.4, 0.5) is 5.69 Å². The largest absolute Gasteiger partial charge is 0.397 e. The smallest absolute Gasteiger partial charge is 0.226 e. The topological polar surface area (TPSA) is 68.0 Å². The molecule has 0 aliphatic rings. The van der Waals surface area contributed by atoms with Gasteiger partial charge in [-0.3, -0.25) is 9.78 Å². The van der Waals surface area contributed by atoms with E-state index in [1.807, 2.05) is 18.7 Å². The number of carbonyl (C=O) groups is 1. The van der Waals surface area contributed by atoms with Crippen LogP contribution in [0.25, 0.3) is 0 Å². The van der Waals surface area contributed by atoms with E-state index in [9.17, 15) is 4.79 Å². The van der Waals surface area contributed by atoms with E-state index in [0.29, 0.717) is 12.1 Å². The van der Waals surface area contributed by atoms with Crippen LogP contribution < -0.4 is 11.1 Å². The number of thioether (sulfide) groups is 1. The van der Waals surface area contributed by atoms with E-state index >= 15 is 0 Å². The lowest BCUT2D eigenvalue weighted by Crippen LogP contribution is -2.35. The zero-order valence-corrected chi connectivity index (χ0v) is 11.1. The number of nitrogens with zero attached hydrogens (tertiary/aromatic N) is 1. The van der Waals surface area contributed by atoms with Gasteiger partial charge in [-0.15, -0.1) is 0 Å². The summed E-state index contributed by atoms with van der Waals surface area (Å²) >= 11 is 1.82. The number of anilines is 1. The first-order valence-electron chi connectivity index (χ1n) is 5.69. The minimum Gasteiger partial charge on any atom is -0.397 e. The average Bonchev–Trinajstić information content (AvgIpc) is 2.29. The SMILES string of the molecule is CCSCC(C)NC(=O)Cc1ccc(N)cn1. The average molecular weight is 253 g/mol. The minimum absolute atomic E-state index is 0.00599. The van der Waals surface area contributed by atoms with Crippen LogP contribution in [0.1, 0.15) is 19.5 Å². The maximum Gasteiger partial charge on any atom is 0.226 e. The van der Waals surface area contributed by atoms with Crippen LogP contribution >= 0.6 is 11.8 Å². The molecule has 5 heteroatoms. The first-order chi connectivity index (χ1) is 8.11. The van der Waals surface area contributed by atoms with Crippen LogP contribution in [0, 0.1) is 0 Å². The van der Waals surface area contributed by atoms with Gasteiger partial charge in [0.25, 0.3) is 0 Å². The number of hydrogen-bond acceptors (Lipinski definition) is 4. The summed E-state index contributed by atoms with van der Waals surface area (Å²) in [6.07, 6.45) is 1.88. The van der Waals surface area contributed by atoms with Gasteiger partial charge in [-0.25, -0.2) is 0 Å². The Balaban J connectivity index is 2.36. The Labute approximate surface area is 106 Å². The van der Waals surface area contributed by atoms with Gasteiger partial charge in [-0.1, -0.05) is 6.92 Å². The maximum atomic E-state index is 11.7. The summed E-state index contributed by atoms with van der Waals surface area (Å²) in [5, 5.41) is 2.95. The summed E-state index contributed by atoms with van der Waals surface area (Å²) in [7, 11) is 0. The molecule has 1 amide bonds. The Bertz CT molecular complexity index is 353. The van der Waals surface area contributed by atoms with Crippen LogP contribution in [-0.4, -0.2) is 28.4 Å². The second-order valence-electron chi connectivity index (χ2n) is 3.89. The number of amides is 1. The van der Waals surface area contributed by atoms with E-state index in [2.05, 4.69) is 17.2 Å². The molecule has 94 valence electrons. The van der Waals surface area contributed by atoms with Crippen LogP contribution in [0.2, 0.25) is 0 Å². The predicted octanol–water partition coefficient (Wildman–Crippen LogP) is 1.46. The molecule has 1 unspecified atom stereocenters. The van der Waals surface area contributed by atoms with Crippen molar-refractivity contribution in [1.82, 2.24) is 10.3 Å². The van der Waals surface area contributed by atoms with Crippen LogP contribution in [-0.2, 0) is 11.2 Å². The van der Waals surface area contributed by atoms with Crippen molar-refractivity contribution in [2.45, 2.75) is 26.3 Å². The van der Waals surface area contributed by atoms with E-state index in [4.69, 9.17) is 5.73 Å². The molecule has 1 aromatic heterocycles. The van der Waals surface area contributed by atoms with Crippen LogP contribution in [0.3, 0.4) is 0 Å². The van der Waals surface area contributed by atoms with Gasteiger partial charge in [0.05, 0.1) is 18.3 Å². The van der Waals surface area contributed by atoms with Crippen molar-refractivity contribution in [3.63, 3.8) is 0 Å². The van der Waals surface area contributed by atoms with E-state index < -0.39 is 0 Å². The van der Waals surface area contributed by atoms with E-state index in [-0.39, 0.29) is 11.9 Å². The fourth-order valence-electron chi connectivity index (χ4n) is 1.37. The monoisotopic (exact) mass is 253 g/mol. The fourth-order valence-corrected chi connectivity index (χ4v) is 2.04. The summed E-state index contributed by atoms with van der Waals surface area (Å²) < 4.78 is 0. The fraction of sp³-hybridized carbons (Fsp3) is 0.500. The van der Waals surface area contributed by atoms with E-state index in [1.165, 1.54) is 0 Å². The molecule has 0 spiro atoms. The molecule has 1 rings (SSSR count). The van der Waals surface area contributed by atoms with Crippen molar-refractivity contribution < 1.29 is 4.79 Å². The number of nitrogen functional groups attached to an aromatic ring is 1. The highest BCUT2D eigenvalue weighted by atomic mass is 32.2. The number of aromatic nitrogens is 1. The number of rotatable bonds is 6. The number of hydrogen-bond donors (Lipinski definition) is 2. The molecule has 1 aromatic rings. The summed E-state index contributed by atoms with van der Waals surface area (Å²) in [6, 6.07) is 3.73. The third kappa shape index (κ3) is 5.58.